The number of nitrogens with two attached hydrogens (primary N) is 1. The SMILES string of the molecule is COc1ccnc(CN(C)c2ccccc2N)c1OC. The van der Waals surface area contributed by atoms with Crippen LogP contribution in [0.5, 0.6) is 11.5 Å². The normalized spacial score (nSPS) is 10.2. The molecule has 2 aromatic rings. The molecule has 0 saturated heterocycles. The zero-order valence-electron chi connectivity index (χ0n) is 12.0. The van der Waals surface area contributed by atoms with Crippen LogP contribution >= 0.6 is 0 Å². The zero-order chi connectivity index (χ0) is 14.5. The van der Waals surface area contributed by atoms with E-state index in [1.807, 2.05) is 36.2 Å². The highest BCUT2D eigenvalue weighted by atomic mass is 16.5. The Balaban J connectivity index is 2.28. The van der Waals surface area contributed by atoms with Crippen LogP contribution in [-0.4, -0.2) is 26.3 Å². The Kier molecular flexibility index (Phi) is 4.30. The van der Waals surface area contributed by atoms with Crippen LogP contribution in [0.3, 0.4) is 0 Å². The van der Waals surface area contributed by atoms with Gasteiger partial charge in [0.25, 0.3) is 0 Å². The molecule has 106 valence electrons. The highest BCUT2D eigenvalue weighted by molar-refractivity contribution is 5.67. The number of hydrogen-bond acceptors (Lipinski definition) is 5. The first-order valence-corrected chi connectivity index (χ1v) is 6.29. The Morgan fingerprint density at radius 2 is 1.90 bits per heavy atom. The summed E-state index contributed by atoms with van der Waals surface area (Å²) in [4.78, 5) is 6.39. The molecule has 0 fully saturated rings. The van der Waals surface area contributed by atoms with E-state index >= 15 is 0 Å². The number of aromatic nitrogens is 1. The number of para-hydroxylation sites is 2. The number of rotatable bonds is 5. The maximum Gasteiger partial charge on any atom is 0.184 e. The van der Waals surface area contributed by atoms with E-state index in [0.29, 0.717) is 18.0 Å². The van der Waals surface area contributed by atoms with Gasteiger partial charge in [0.2, 0.25) is 0 Å². The summed E-state index contributed by atoms with van der Waals surface area (Å²) in [7, 11) is 5.19. The largest absolute Gasteiger partial charge is 0.493 e. The van der Waals surface area contributed by atoms with Crippen LogP contribution in [0.25, 0.3) is 0 Å². The molecular weight excluding hydrogens is 254 g/mol. The van der Waals surface area contributed by atoms with Crippen LogP contribution in [-0.2, 0) is 6.54 Å². The second-order valence-corrected chi connectivity index (χ2v) is 4.41. The van der Waals surface area contributed by atoms with E-state index < -0.39 is 0 Å². The number of pyridine rings is 1. The molecule has 0 aliphatic heterocycles. The van der Waals surface area contributed by atoms with Crippen LogP contribution in [0.2, 0.25) is 0 Å². The van der Waals surface area contributed by atoms with Crippen molar-refractivity contribution in [2.45, 2.75) is 6.54 Å². The Morgan fingerprint density at radius 3 is 2.55 bits per heavy atom. The number of nitrogens with zero attached hydrogens (tertiary/aromatic N) is 2. The van der Waals surface area contributed by atoms with Crippen LogP contribution in [0.1, 0.15) is 5.69 Å². The lowest BCUT2D eigenvalue weighted by Gasteiger charge is -2.22. The quantitative estimate of drug-likeness (QED) is 0.847. The van der Waals surface area contributed by atoms with Gasteiger partial charge in [0.05, 0.1) is 32.1 Å². The van der Waals surface area contributed by atoms with Crippen molar-refractivity contribution in [2.24, 2.45) is 0 Å². The molecule has 1 heterocycles. The highest BCUT2D eigenvalue weighted by Crippen LogP contribution is 2.31. The second-order valence-electron chi connectivity index (χ2n) is 4.41. The van der Waals surface area contributed by atoms with Crippen LogP contribution < -0.4 is 20.1 Å². The minimum absolute atomic E-state index is 0.578. The Hall–Kier alpha value is -2.43. The first-order valence-electron chi connectivity index (χ1n) is 6.29. The Morgan fingerprint density at radius 1 is 1.15 bits per heavy atom. The van der Waals surface area contributed by atoms with Gasteiger partial charge in [-0.1, -0.05) is 12.1 Å². The van der Waals surface area contributed by atoms with Crippen molar-refractivity contribution in [2.75, 3.05) is 31.9 Å². The third-order valence-corrected chi connectivity index (χ3v) is 3.10. The number of ether oxygens (including phenoxy) is 2. The lowest BCUT2D eigenvalue weighted by atomic mass is 10.2. The summed E-state index contributed by atoms with van der Waals surface area (Å²) in [5.41, 5.74) is 8.48. The summed E-state index contributed by atoms with van der Waals surface area (Å²) >= 11 is 0. The maximum absolute atomic E-state index is 5.98. The lowest BCUT2D eigenvalue weighted by molar-refractivity contribution is 0.349. The average molecular weight is 273 g/mol. The van der Waals surface area contributed by atoms with Crippen molar-refractivity contribution >= 4 is 11.4 Å². The fourth-order valence-corrected chi connectivity index (χ4v) is 2.11. The first-order chi connectivity index (χ1) is 9.67. The fourth-order valence-electron chi connectivity index (χ4n) is 2.11. The molecule has 5 heteroatoms. The van der Waals surface area contributed by atoms with Crippen molar-refractivity contribution < 1.29 is 9.47 Å². The van der Waals surface area contributed by atoms with E-state index in [4.69, 9.17) is 15.2 Å². The highest BCUT2D eigenvalue weighted by Gasteiger charge is 2.14. The molecule has 0 saturated carbocycles. The molecule has 0 atom stereocenters. The van der Waals surface area contributed by atoms with Gasteiger partial charge < -0.3 is 20.1 Å². The molecule has 1 aromatic carbocycles. The minimum Gasteiger partial charge on any atom is -0.493 e. The van der Waals surface area contributed by atoms with E-state index in [9.17, 15) is 0 Å². The summed E-state index contributed by atoms with van der Waals surface area (Å²) in [5, 5.41) is 0. The molecule has 2 N–H and O–H groups in total. The number of nitrogen functional groups attached to an aromatic ring is 1. The predicted molar refractivity (Wildman–Crippen MR) is 80.3 cm³/mol. The van der Waals surface area contributed by atoms with Gasteiger partial charge in [-0.3, -0.25) is 4.98 Å². The van der Waals surface area contributed by atoms with E-state index in [0.717, 1.165) is 17.1 Å². The predicted octanol–water partition coefficient (Wildman–Crippen LogP) is 2.32. The van der Waals surface area contributed by atoms with Gasteiger partial charge in [-0.05, 0) is 12.1 Å². The minimum atomic E-state index is 0.578. The molecule has 0 bridgehead atoms. The summed E-state index contributed by atoms with van der Waals surface area (Å²) < 4.78 is 10.7. The Labute approximate surface area is 118 Å². The molecule has 0 radical (unpaired) electrons. The third-order valence-electron chi connectivity index (χ3n) is 3.10. The van der Waals surface area contributed by atoms with Gasteiger partial charge >= 0.3 is 0 Å². The summed E-state index contributed by atoms with van der Waals surface area (Å²) in [5.74, 6) is 1.32. The van der Waals surface area contributed by atoms with E-state index in [1.165, 1.54) is 0 Å². The second kappa shape index (κ2) is 6.14. The standard InChI is InChI=1S/C15H19N3O2/c1-18(13-7-5-4-6-11(13)16)10-12-15(20-3)14(19-2)8-9-17-12/h4-9H,10,16H2,1-3H3. The maximum atomic E-state index is 5.98. The molecule has 0 aliphatic rings. The summed E-state index contributed by atoms with van der Waals surface area (Å²) in [6.07, 6.45) is 1.71. The van der Waals surface area contributed by atoms with Crippen molar-refractivity contribution in [3.63, 3.8) is 0 Å². The van der Waals surface area contributed by atoms with Gasteiger partial charge in [0.1, 0.15) is 5.69 Å². The monoisotopic (exact) mass is 273 g/mol. The van der Waals surface area contributed by atoms with Gasteiger partial charge in [0, 0.05) is 19.3 Å². The molecule has 2 rings (SSSR count). The average Bonchev–Trinajstić information content (AvgIpc) is 2.47. The molecule has 0 unspecified atom stereocenters. The zero-order valence-corrected chi connectivity index (χ0v) is 12.0. The molecule has 0 spiro atoms. The molecular formula is C15H19N3O2. The van der Waals surface area contributed by atoms with Gasteiger partial charge in [-0.25, -0.2) is 0 Å². The molecule has 1 aromatic heterocycles. The smallest absolute Gasteiger partial charge is 0.184 e. The van der Waals surface area contributed by atoms with Crippen LogP contribution in [0, 0.1) is 0 Å². The lowest BCUT2D eigenvalue weighted by Crippen LogP contribution is -2.19. The van der Waals surface area contributed by atoms with Crippen molar-refractivity contribution in [1.82, 2.24) is 4.98 Å². The molecule has 0 amide bonds. The van der Waals surface area contributed by atoms with Crippen molar-refractivity contribution in [3.05, 3.63) is 42.2 Å². The number of hydrogen-bond donors (Lipinski definition) is 1. The van der Waals surface area contributed by atoms with Gasteiger partial charge in [-0.2, -0.15) is 0 Å². The molecule has 20 heavy (non-hydrogen) atoms. The first kappa shape index (κ1) is 14.0. The summed E-state index contributed by atoms with van der Waals surface area (Å²) in [6, 6.07) is 9.50. The summed E-state index contributed by atoms with van der Waals surface area (Å²) in [6.45, 7) is 0.578. The molecule has 5 nitrogen and oxygen atoms in total. The van der Waals surface area contributed by atoms with E-state index in [1.54, 1.807) is 26.5 Å². The number of benzene rings is 1. The van der Waals surface area contributed by atoms with Gasteiger partial charge in [0.15, 0.2) is 11.5 Å². The fraction of sp³-hybridized carbons (Fsp3) is 0.267. The van der Waals surface area contributed by atoms with Crippen molar-refractivity contribution in [1.29, 1.82) is 0 Å². The van der Waals surface area contributed by atoms with E-state index in [2.05, 4.69) is 4.98 Å². The topological polar surface area (TPSA) is 60.6 Å². The van der Waals surface area contributed by atoms with E-state index in [-0.39, 0.29) is 0 Å². The Bertz CT molecular complexity index is 587. The number of anilines is 2. The van der Waals surface area contributed by atoms with Crippen LogP contribution in [0.15, 0.2) is 36.5 Å². The number of methoxy groups -OCH3 is 2. The third kappa shape index (κ3) is 2.77. The molecule has 0 aliphatic carbocycles. The van der Waals surface area contributed by atoms with Gasteiger partial charge in [-0.15, -0.1) is 0 Å². The van der Waals surface area contributed by atoms with Crippen molar-refractivity contribution in [3.8, 4) is 11.5 Å². The van der Waals surface area contributed by atoms with Crippen LogP contribution in [0.4, 0.5) is 11.4 Å².